The van der Waals surface area contributed by atoms with Crippen LogP contribution in [0.4, 0.5) is 8.78 Å². The van der Waals surface area contributed by atoms with Crippen LogP contribution in [-0.2, 0) is 11.2 Å². The van der Waals surface area contributed by atoms with Crippen LogP contribution in [0.2, 0.25) is 5.02 Å². The summed E-state index contributed by atoms with van der Waals surface area (Å²) in [6.07, 6.45) is 1.67. The van der Waals surface area contributed by atoms with Gasteiger partial charge in [0.25, 0.3) is 5.91 Å². The maximum absolute atomic E-state index is 13.6. The molecule has 9 heteroatoms. The Morgan fingerprint density at radius 2 is 1.65 bits per heavy atom. The van der Waals surface area contributed by atoms with Gasteiger partial charge < -0.3 is 10.4 Å². The van der Waals surface area contributed by atoms with E-state index in [4.69, 9.17) is 26.7 Å². The van der Waals surface area contributed by atoms with Crippen LogP contribution in [0.25, 0.3) is 22.3 Å². The van der Waals surface area contributed by atoms with Crippen LogP contribution in [0.15, 0.2) is 60.7 Å². The van der Waals surface area contributed by atoms with Gasteiger partial charge in [0.15, 0.2) is 0 Å². The predicted molar refractivity (Wildman–Crippen MR) is 137 cm³/mol. The van der Waals surface area contributed by atoms with E-state index < -0.39 is 29.6 Å². The average Bonchev–Trinajstić information content (AvgIpc) is 2.85. The van der Waals surface area contributed by atoms with Crippen LogP contribution in [0, 0.1) is 11.6 Å². The molecule has 0 saturated carbocycles. The second kappa shape index (κ2) is 11.4. The van der Waals surface area contributed by atoms with E-state index in [9.17, 15) is 18.4 Å². The highest BCUT2D eigenvalue weighted by Gasteiger charge is 2.16. The van der Waals surface area contributed by atoms with Gasteiger partial charge in [-0.15, -0.1) is 0 Å². The lowest BCUT2D eigenvalue weighted by Crippen LogP contribution is -2.26. The fourth-order valence-corrected chi connectivity index (χ4v) is 4.13. The molecule has 1 aromatic heterocycles. The number of halogens is 3. The van der Waals surface area contributed by atoms with Crippen molar-refractivity contribution < 1.29 is 23.5 Å². The number of aromatic nitrogens is 2. The number of unbranched alkanes of at least 4 members (excludes halogenated alkanes) is 1. The third-order valence-electron chi connectivity index (χ3n) is 5.90. The van der Waals surface area contributed by atoms with E-state index in [2.05, 4.69) is 5.32 Å². The van der Waals surface area contributed by atoms with Crippen LogP contribution in [0.1, 0.15) is 53.8 Å². The van der Waals surface area contributed by atoms with Crippen molar-refractivity contribution in [2.24, 2.45) is 0 Å². The summed E-state index contributed by atoms with van der Waals surface area (Å²) in [6, 6.07) is 14.6. The number of benzene rings is 3. The van der Waals surface area contributed by atoms with Crippen LogP contribution in [-0.4, -0.2) is 27.0 Å². The van der Waals surface area contributed by atoms with E-state index in [0.717, 1.165) is 11.6 Å². The lowest BCUT2D eigenvalue weighted by atomic mass is 10.0. The Bertz CT molecular complexity index is 1440. The molecule has 1 atom stereocenters. The number of carboxylic acid groups (broad SMARTS) is 1. The maximum Gasteiger partial charge on any atom is 0.303 e. The quantitative estimate of drug-likeness (QED) is 0.244. The Balaban J connectivity index is 1.63. The monoisotopic (exact) mass is 523 g/mol. The number of fused-ring (bicyclic) bond motifs is 1. The third-order valence-corrected chi connectivity index (χ3v) is 6.15. The van der Waals surface area contributed by atoms with Crippen LogP contribution >= 0.6 is 11.6 Å². The number of nitrogens with zero attached hydrogens (tertiary/aromatic N) is 2. The molecule has 0 radical (unpaired) electrons. The molecule has 0 saturated heterocycles. The van der Waals surface area contributed by atoms with E-state index in [-0.39, 0.29) is 6.42 Å². The van der Waals surface area contributed by atoms with Gasteiger partial charge in [-0.3, -0.25) is 9.59 Å². The number of hydrogen-bond acceptors (Lipinski definition) is 4. The molecule has 0 spiro atoms. The number of nitrogens with one attached hydrogen (secondary N) is 1. The summed E-state index contributed by atoms with van der Waals surface area (Å²) < 4.78 is 27.2. The molecule has 0 aliphatic rings. The summed E-state index contributed by atoms with van der Waals surface area (Å²) in [5.41, 5.74) is 3.88. The minimum Gasteiger partial charge on any atom is -0.481 e. The second-order valence-corrected chi connectivity index (χ2v) is 9.16. The van der Waals surface area contributed by atoms with Gasteiger partial charge in [-0.1, -0.05) is 23.7 Å². The highest BCUT2D eigenvalue weighted by atomic mass is 35.5. The van der Waals surface area contributed by atoms with Crippen molar-refractivity contribution in [2.45, 2.75) is 38.6 Å². The Morgan fingerprint density at radius 3 is 2.32 bits per heavy atom. The fraction of sp³-hybridized carbons (Fsp3) is 0.214. The molecule has 1 unspecified atom stereocenters. The van der Waals surface area contributed by atoms with E-state index in [1.54, 1.807) is 37.3 Å². The molecule has 1 heterocycles. The molecular weight excluding hydrogens is 500 g/mol. The molecule has 0 fully saturated rings. The summed E-state index contributed by atoms with van der Waals surface area (Å²) >= 11 is 6.04. The van der Waals surface area contributed by atoms with Gasteiger partial charge >= 0.3 is 5.97 Å². The zero-order chi connectivity index (χ0) is 26.5. The summed E-state index contributed by atoms with van der Waals surface area (Å²) in [6.45, 7) is 1.64. The molecule has 4 aromatic rings. The van der Waals surface area contributed by atoms with E-state index in [1.165, 1.54) is 12.1 Å². The van der Waals surface area contributed by atoms with Crippen molar-refractivity contribution in [2.75, 3.05) is 0 Å². The lowest BCUT2D eigenvalue weighted by Gasteiger charge is -2.15. The van der Waals surface area contributed by atoms with E-state index in [0.29, 0.717) is 57.8 Å². The Hall–Kier alpha value is -3.91. The molecular formula is C28H24ClF2N3O3. The van der Waals surface area contributed by atoms with Crippen molar-refractivity contribution in [3.8, 4) is 11.3 Å². The summed E-state index contributed by atoms with van der Waals surface area (Å²) in [5.74, 6) is -2.71. The molecule has 1 amide bonds. The van der Waals surface area contributed by atoms with Crippen LogP contribution in [0.3, 0.4) is 0 Å². The number of rotatable bonds is 9. The van der Waals surface area contributed by atoms with Gasteiger partial charge in [0.05, 0.1) is 28.5 Å². The van der Waals surface area contributed by atoms with Crippen molar-refractivity contribution in [3.63, 3.8) is 0 Å². The summed E-state index contributed by atoms with van der Waals surface area (Å²) in [4.78, 5) is 33.4. The first-order chi connectivity index (χ1) is 17.7. The summed E-state index contributed by atoms with van der Waals surface area (Å²) in [5, 5.41) is 12.3. The predicted octanol–water partition coefficient (Wildman–Crippen LogP) is 6.52. The van der Waals surface area contributed by atoms with Crippen molar-refractivity contribution >= 4 is 34.5 Å². The van der Waals surface area contributed by atoms with Crippen molar-refractivity contribution in [3.05, 3.63) is 94.1 Å². The number of carbonyl (C=O) groups excluding carboxylic acids is 1. The van der Waals surface area contributed by atoms with E-state index >= 15 is 0 Å². The SMILES string of the molecule is CC(NC(=O)c1ccc2nc(-c3ccc(Cl)cc3)c(CCCCC(=O)O)nc2c1)c1cc(F)cc(F)c1. The molecule has 2 N–H and O–H groups in total. The number of carboxylic acids is 1. The smallest absolute Gasteiger partial charge is 0.303 e. The van der Waals surface area contributed by atoms with Crippen LogP contribution < -0.4 is 5.32 Å². The Kier molecular flexibility index (Phi) is 8.08. The standard InChI is InChI=1S/C28H24ClF2N3O3/c1-16(19-12-21(30)15-22(31)13-19)32-28(37)18-8-11-23-25(14-18)33-24(4-2-3-5-26(35)36)27(34-23)17-6-9-20(29)10-7-17/h6-16H,2-5H2,1H3,(H,32,37)(H,35,36). The third kappa shape index (κ3) is 6.65. The molecule has 0 aliphatic heterocycles. The minimum absolute atomic E-state index is 0.0645. The molecule has 3 aromatic carbocycles. The normalized spacial score (nSPS) is 11.9. The van der Waals surface area contributed by atoms with Gasteiger partial charge in [0.2, 0.25) is 0 Å². The Labute approximate surface area is 217 Å². The Morgan fingerprint density at radius 1 is 0.946 bits per heavy atom. The zero-order valence-electron chi connectivity index (χ0n) is 20.0. The number of hydrogen-bond donors (Lipinski definition) is 2. The summed E-state index contributed by atoms with van der Waals surface area (Å²) in [7, 11) is 0. The molecule has 0 bridgehead atoms. The van der Waals surface area contributed by atoms with Crippen molar-refractivity contribution in [1.82, 2.24) is 15.3 Å². The maximum atomic E-state index is 13.6. The highest BCUT2D eigenvalue weighted by molar-refractivity contribution is 6.30. The number of amides is 1. The molecule has 37 heavy (non-hydrogen) atoms. The van der Waals surface area contributed by atoms with Gasteiger partial charge in [-0.2, -0.15) is 0 Å². The van der Waals surface area contributed by atoms with Gasteiger partial charge in [0.1, 0.15) is 11.6 Å². The lowest BCUT2D eigenvalue weighted by molar-refractivity contribution is -0.137. The minimum atomic E-state index is -0.853. The fourth-order valence-electron chi connectivity index (χ4n) is 4.00. The first kappa shape index (κ1) is 26.2. The van der Waals surface area contributed by atoms with Gasteiger partial charge in [-0.25, -0.2) is 18.7 Å². The average molecular weight is 524 g/mol. The molecule has 190 valence electrons. The van der Waals surface area contributed by atoms with Gasteiger partial charge in [-0.05, 0) is 74.2 Å². The first-order valence-corrected chi connectivity index (χ1v) is 12.1. The topological polar surface area (TPSA) is 92.2 Å². The number of aliphatic carboxylic acids is 1. The van der Waals surface area contributed by atoms with Crippen LogP contribution in [0.5, 0.6) is 0 Å². The van der Waals surface area contributed by atoms with Crippen molar-refractivity contribution in [1.29, 1.82) is 0 Å². The largest absolute Gasteiger partial charge is 0.481 e. The highest BCUT2D eigenvalue weighted by Crippen LogP contribution is 2.27. The molecule has 6 nitrogen and oxygen atoms in total. The number of aryl methyl sites for hydroxylation is 1. The first-order valence-electron chi connectivity index (χ1n) is 11.7. The molecule has 0 aliphatic carbocycles. The number of carbonyl (C=O) groups is 2. The second-order valence-electron chi connectivity index (χ2n) is 8.73. The zero-order valence-corrected chi connectivity index (χ0v) is 20.7. The molecule has 4 rings (SSSR count). The van der Waals surface area contributed by atoms with Gasteiger partial charge in [0, 0.05) is 28.6 Å². The van der Waals surface area contributed by atoms with E-state index in [1.807, 2.05) is 12.1 Å².